The van der Waals surface area contributed by atoms with Gasteiger partial charge in [0, 0.05) is 30.2 Å². The van der Waals surface area contributed by atoms with E-state index in [1.165, 1.54) is 43.7 Å². The first-order chi connectivity index (χ1) is 13.6. The maximum absolute atomic E-state index is 13.3. The molecule has 29 heavy (non-hydrogen) atoms. The minimum atomic E-state index is -3.57. The Labute approximate surface area is 174 Å². The van der Waals surface area contributed by atoms with Crippen molar-refractivity contribution in [2.75, 3.05) is 31.3 Å². The van der Waals surface area contributed by atoms with Gasteiger partial charge in [0.25, 0.3) is 5.91 Å². The number of hydrogen-bond acceptors (Lipinski definition) is 7. The maximum Gasteiger partial charge on any atom is 0.337 e. The Morgan fingerprint density at radius 3 is 2.55 bits per heavy atom. The number of aromatic nitrogens is 1. The maximum atomic E-state index is 13.3. The average Bonchev–Trinajstić information content (AvgIpc) is 3.33. The molecule has 1 aliphatic heterocycles. The zero-order valence-electron chi connectivity index (χ0n) is 16.7. The van der Waals surface area contributed by atoms with Crippen molar-refractivity contribution in [3.8, 4) is 0 Å². The summed E-state index contributed by atoms with van der Waals surface area (Å²) >= 11 is 1.52. The minimum Gasteiger partial charge on any atom is -0.465 e. The minimum absolute atomic E-state index is 0.115. The number of likely N-dealkylation sites (tertiary alicyclic amines) is 1. The van der Waals surface area contributed by atoms with Crippen molar-refractivity contribution >= 4 is 38.9 Å². The van der Waals surface area contributed by atoms with Crippen LogP contribution in [-0.4, -0.2) is 57.1 Å². The predicted molar refractivity (Wildman–Crippen MR) is 111 cm³/mol. The van der Waals surface area contributed by atoms with Crippen molar-refractivity contribution in [1.29, 1.82) is 0 Å². The van der Waals surface area contributed by atoms with Gasteiger partial charge in [-0.1, -0.05) is 0 Å². The summed E-state index contributed by atoms with van der Waals surface area (Å²) in [4.78, 5) is 31.7. The fourth-order valence-electron chi connectivity index (χ4n) is 3.30. The van der Waals surface area contributed by atoms with Crippen LogP contribution in [0.5, 0.6) is 0 Å². The third kappa shape index (κ3) is 4.43. The summed E-state index contributed by atoms with van der Waals surface area (Å²) in [5.41, 5.74) is 1.48. The Hall–Kier alpha value is -2.46. The van der Waals surface area contributed by atoms with Gasteiger partial charge < -0.3 is 9.64 Å². The van der Waals surface area contributed by atoms with Crippen molar-refractivity contribution in [3.63, 3.8) is 0 Å². The Balaban J connectivity index is 2.02. The summed E-state index contributed by atoms with van der Waals surface area (Å²) in [7, 11) is -0.963. The molecule has 3 rings (SSSR count). The van der Waals surface area contributed by atoms with E-state index >= 15 is 0 Å². The second-order valence-electron chi connectivity index (χ2n) is 6.97. The van der Waals surface area contributed by atoms with Crippen molar-refractivity contribution in [3.05, 3.63) is 45.4 Å². The molecule has 1 unspecified atom stereocenters. The molecule has 8 nitrogen and oxygen atoms in total. The summed E-state index contributed by atoms with van der Waals surface area (Å²) < 4.78 is 29.7. The van der Waals surface area contributed by atoms with Crippen molar-refractivity contribution in [2.24, 2.45) is 0 Å². The summed E-state index contributed by atoms with van der Waals surface area (Å²) in [6.45, 7) is 2.48. The van der Waals surface area contributed by atoms with Crippen molar-refractivity contribution in [2.45, 2.75) is 25.8 Å². The zero-order valence-corrected chi connectivity index (χ0v) is 18.3. The summed E-state index contributed by atoms with van der Waals surface area (Å²) in [6.07, 6.45) is 2.72. The van der Waals surface area contributed by atoms with E-state index in [9.17, 15) is 18.0 Å². The molecule has 1 atom stereocenters. The van der Waals surface area contributed by atoms with Gasteiger partial charge in [0.05, 0.1) is 30.7 Å². The molecule has 1 fully saturated rings. The number of anilines is 1. The Kier molecular flexibility index (Phi) is 5.95. The fourth-order valence-corrected chi connectivity index (χ4v) is 4.73. The Morgan fingerprint density at radius 2 is 1.97 bits per heavy atom. The monoisotopic (exact) mass is 437 g/mol. The van der Waals surface area contributed by atoms with E-state index in [0.29, 0.717) is 6.54 Å². The molecule has 1 aliphatic rings. The molecular weight excluding hydrogens is 414 g/mol. The van der Waals surface area contributed by atoms with E-state index in [1.807, 2.05) is 12.3 Å². The van der Waals surface area contributed by atoms with Gasteiger partial charge in [0.15, 0.2) is 0 Å². The van der Waals surface area contributed by atoms with Crippen LogP contribution >= 0.6 is 11.3 Å². The highest BCUT2D eigenvalue weighted by Crippen LogP contribution is 2.35. The van der Waals surface area contributed by atoms with E-state index in [4.69, 9.17) is 4.74 Å². The predicted octanol–water partition coefficient (Wildman–Crippen LogP) is 2.61. The van der Waals surface area contributed by atoms with E-state index in [-0.39, 0.29) is 28.8 Å². The van der Waals surface area contributed by atoms with Gasteiger partial charge in [0.2, 0.25) is 10.0 Å². The van der Waals surface area contributed by atoms with E-state index < -0.39 is 16.0 Å². The number of ether oxygens (including phenoxy) is 1. The lowest BCUT2D eigenvalue weighted by Gasteiger charge is -2.24. The Morgan fingerprint density at radius 1 is 1.28 bits per heavy atom. The first kappa shape index (κ1) is 21.3. The molecule has 10 heteroatoms. The normalized spacial score (nSPS) is 16.7. The number of benzene rings is 1. The highest BCUT2D eigenvalue weighted by molar-refractivity contribution is 7.92. The van der Waals surface area contributed by atoms with Crippen LogP contribution in [-0.2, 0) is 14.8 Å². The van der Waals surface area contributed by atoms with Crippen molar-refractivity contribution in [1.82, 2.24) is 9.88 Å². The SMILES string of the molecule is COC(=O)c1cc(C(=O)N2CCCC2c2nc(C)cs2)cc(N(C)S(C)(=O)=O)c1. The molecule has 0 bridgehead atoms. The number of thiazole rings is 1. The number of hydrogen-bond donors (Lipinski definition) is 0. The molecule has 0 N–H and O–H groups in total. The van der Waals surface area contributed by atoms with Gasteiger partial charge in [-0.15, -0.1) is 11.3 Å². The summed E-state index contributed by atoms with van der Waals surface area (Å²) in [6, 6.07) is 4.20. The molecule has 1 amide bonds. The zero-order chi connectivity index (χ0) is 21.3. The molecule has 1 aromatic carbocycles. The molecule has 1 aromatic heterocycles. The topological polar surface area (TPSA) is 96.9 Å². The standard InChI is InChI=1S/C19H23N3O5S2/c1-12-11-28-17(20-12)16-6-5-7-22(16)18(23)13-8-14(19(24)27-3)10-15(9-13)21(2)29(4,25)26/h8-11,16H,5-7H2,1-4H3. The first-order valence-corrected chi connectivity index (χ1v) is 11.7. The number of rotatable bonds is 5. The van der Waals surface area contributed by atoms with Gasteiger partial charge in [0.1, 0.15) is 5.01 Å². The molecule has 156 valence electrons. The van der Waals surface area contributed by atoms with Gasteiger partial charge in [-0.3, -0.25) is 9.10 Å². The highest BCUT2D eigenvalue weighted by Gasteiger charge is 2.33. The molecule has 2 heterocycles. The number of amides is 1. The van der Waals surface area contributed by atoms with Crippen LogP contribution in [0.15, 0.2) is 23.6 Å². The molecular formula is C19H23N3O5S2. The number of nitrogens with zero attached hydrogens (tertiary/aromatic N) is 3. The van der Waals surface area contributed by atoms with Gasteiger partial charge in [-0.05, 0) is 38.0 Å². The van der Waals surface area contributed by atoms with Crippen LogP contribution in [0, 0.1) is 6.92 Å². The molecule has 0 radical (unpaired) electrons. The van der Waals surface area contributed by atoms with Crippen LogP contribution in [0.4, 0.5) is 5.69 Å². The van der Waals surface area contributed by atoms with Gasteiger partial charge in [-0.2, -0.15) is 0 Å². The lowest BCUT2D eigenvalue weighted by molar-refractivity contribution is 0.0600. The second kappa shape index (κ2) is 8.11. The lowest BCUT2D eigenvalue weighted by Crippen LogP contribution is -2.31. The number of methoxy groups -OCH3 is 1. The van der Waals surface area contributed by atoms with E-state index in [0.717, 1.165) is 34.1 Å². The summed E-state index contributed by atoms with van der Waals surface area (Å²) in [5.74, 6) is -0.912. The highest BCUT2D eigenvalue weighted by atomic mass is 32.2. The number of carbonyl (C=O) groups is 2. The smallest absolute Gasteiger partial charge is 0.337 e. The molecule has 1 saturated heterocycles. The number of carbonyl (C=O) groups excluding carboxylic acids is 2. The lowest BCUT2D eigenvalue weighted by atomic mass is 10.1. The van der Waals surface area contributed by atoms with Gasteiger partial charge in [-0.25, -0.2) is 18.2 Å². The molecule has 2 aromatic rings. The van der Waals surface area contributed by atoms with E-state index in [1.54, 1.807) is 4.90 Å². The summed E-state index contributed by atoms with van der Waals surface area (Å²) in [5, 5.41) is 2.83. The molecule has 0 spiro atoms. The quantitative estimate of drug-likeness (QED) is 0.667. The number of esters is 1. The fraction of sp³-hybridized carbons (Fsp3) is 0.421. The van der Waals surface area contributed by atoms with Crippen molar-refractivity contribution < 1.29 is 22.7 Å². The van der Waals surface area contributed by atoms with E-state index in [2.05, 4.69) is 4.98 Å². The second-order valence-corrected chi connectivity index (χ2v) is 9.88. The van der Waals surface area contributed by atoms with Gasteiger partial charge >= 0.3 is 5.97 Å². The Bertz CT molecular complexity index is 1050. The largest absolute Gasteiger partial charge is 0.465 e. The first-order valence-electron chi connectivity index (χ1n) is 9.02. The van der Waals surface area contributed by atoms with Crippen LogP contribution in [0.3, 0.4) is 0 Å². The molecule has 0 aliphatic carbocycles. The third-order valence-electron chi connectivity index (χ3n) is 4.88. The van der Waals surface area contributed by atoms with Crippen LogP contribution in [0.2, 0.25) is 0 Å². The number of aryl methyl sites for hydroxylation is 1. The number of sulfonamides is 1. The third-order valence-corrected chi connectivity index (χ3v) is 7.15. The molecule has 0 saturated carbocycles. The average molecular weight is 438 g/mol. The van der Waals surface area contributed by atoms with Crippen LogP contribution in [0.1, 0.15) is 50.3 Å². The van der Waals surface area contributed by atoms with Crippen LogP contribution in [0.25, 0.3) is 0 Å². The van der Waals surface area contributed by atoms with Crippen LogP contribution < -0.4 is 4.31 Å².